The van der Waals surface area contributed by atoms with E-state index in [2.05, 4.69) is 20.5 Å². The van der Waals surface area contributed by atoms with Crippen molar-refractivity contribution < 1.29 is 32.4 Å². The lowest BCUT2D eigenvalue weighted by atomic mass is 9.88. The number of carbonyl (C=O) groups is 4. The van der Waals surface area contributed by atoms with Gasteiger partial charge in [0.25, 0.3) is 5.91 Å². The van der Waals surface area contributed by atoms with Crippen molar-refractivity contribution in [3.05, 3.63) is 71.8 Å². The van der Waals surface area contributed by atoms with Crippen LogP contribution in [0, 0.1) is 11.3 Å². The van der Waals surface area contributed by atoms with E-state index < -0.39 is 68.1 Å². The summed E-state index contributed by atoms with van der Waals surface area (Å²) in [6.07, 6.45) is 8.48. The quantitative estimate of drug-likeness (QED) is 0.229. The molecule has 2 aromatic rings. The summed E-state index contributed by atoms with van der Waals surface area (Å²) < 4.78 is 27.9. The van der Waals surface area contributed by atoms with Gasteiger partial charge in [0.15, 0.2) is 0 Å². The highest BCUT2D eigenvalue weighted by Gasteiger charge is 2.62. The SMILES string of the molecule is CCC(C)(C)C(=O)N[C@H]1CCCCC/C=C\C2CC2(C(=O)NS(=O)(=O)C2CC2)NC(=O)[C@@H]2C[C@@H](ON=C3c4ccccc4-c4ccccc43)CN2C1=O. The lowest BCUT2D eigenvalue weighted by Crippen LogP contribution is -2.58. The van der Waals surface area contributed by atoms with Gasteiger partial charge in [-0.2, -0.15) is 0 Å². The predicted octanol–water partition coefficient (Wildman–Crippen LogP) is 4.33. The van der Waals surface area contributed by atoms with E-state index in [0.29, 0.717) is 37.8 Å². The van der Waals surface area contributed by atoms with Gasteiger partial charge in [0.2, 0.25) is 27.7 Å². The molecule has 12 nitrogen and oxygen atoms in total. The number of hydrogen-bond acceptors (Lipinski definition) is 8. The predicted molar refractivity (Wildman–Crippen MR) is 200 cm³/mol. The molecule has 53 heavy (non-hydrogen) atoms. The van der Waals surface area contributed by atoms with Crippen molar-refractivity contribution in [2.24, 2.45) is 16.5 Å². The molecular formula is C40H49N5O7S. The normalized spacial score (nSPS) is 27.8. The molecule has 2 heterocycles. The van der Waals surface area contributed by atoms with E-state index in [1.54, 1.807) is 0 Å². The van der Waals surface area contributed by atoms with Crippen LogP contribution < -0.4 is 15.4 Å². The van der Waals surface area contributed by atoms with Gasteiger partial charge in [-0.1, -0.05) is 99.5 Å². The van der Waals surface area contributed by atoms with Crippen molar-refractivity contribution in [2.75, 3.05) is 6.54 Å². The van der Waals surface area contributed by atoms with Crippen LogP contribution in [0.25, 0.3) is 11.1 Å². The van der Waals surface area contributed by atoms with E-state index in [4.69, 9.17) is 4.84 Å². The van der Waals surface area contributed by atoms with Crippen LogP contribution in [0.1, 0.15) is 96.1 Å². The van der Waals surface area contributed by atoms with Gasteiger partial charge in [-0.15, -0.1) is 0 Å². The number of allylic oxidation sites excluding steroid dienone is 1. The van der Waals surface area contributed by atoms with Gasteiger partial charge in [0.05, 0.1) is 11.8 Å². The van der Waals surface area contributed by atoms with Crippen LogP contribution in [-0.4, -0.2) is 78.2 Å². The third-order valence-corrected chi connectivity index (χ3v) is 13.4. The maximum absolute atomic E-state index is 14.5. The molecule has 1 saturated heterocycles. The first-order valence-corrected chi connectivity index (χ1v) is 20.5. The van der Waals surface area contributed by atoms with Crippen LogP contribution in [-0.2, 0) is 34.0 Å². The summed E-state index contributed by atoms with van der Waals surface area (Å²) in [7, 11) is -3.87. The fraction of sp³-hybridized carbons (Fsp3) is 0.525. The number of hydrogen-bond donors (Lipinski definition) is 3. The summed E-state index contributed by atoms with van der Waals surface area (Å²) in [6, 6.07) is 13.9. The number of carbonyl (C=O) groups excluding carboxylic acids is 4. The molecule has 0 radical (unpaired) electrons. The molecule has 7 rings (SSSR count). The van der Waals surface area contributed by atoms with Gasteiger partial charge in [-0.05, 0) is 56.1 Å². The van der Waals surface area contributed by atoms with Crippen LogP contribution in [0.5, 0.6) is 0 Å². The number of fused-ring (bicyclic) bond motifs is 5. The molecule has 2 aromatic carbocycles. The summed E-state index contributed by atoms with van der Waals surface area (Å²) in [5.74, 6) is -2.41. The Morgan fingerprint density at radius 3 is 2.28 bits per heavy atom. The van der Waals surface area contributed by atoms with E-state index in [0.717, 1.165) is 41.5 Å². The third kappa shape index (κ3) is 7.36. The molecular weight excluding hydrogens is 695 g/mol. The summed E-state index contributed by atoms with van der Waals surface area (Å²) in [5.41, 5.74) is 2.38. The van der Waals surface area contributed by atoms with Gasteiger partial charge in [-0.3, -0.25) is 23.9 Å². The number of nitrogens with zero attached hydrogens (tertiary/aromatic N) is 2. The van der Waals surface area contributed by atoms with Crippen molar-refractivity contribution in [1.82, 2.24) is 20.3 Å². The monoisotopic (exact) mass is 743 g/mol. The third-order valence-electron chi connectivity index (χ3n) is 11.6. The Bertz CT molecular complexity index is 1920. The van der Waals surface area contributed by atoms with Crippen molar-refractivity contribution >= 4 is 39.4 Å². The number of amides is 4. The maximum atomic E-state index is 14.5. The van der Waals surface area contributed by atoms with Gasteiger partial charge >= 0.3 is 0 Å². The van der Waals surface area contributed by atoms with Gasteiger partial charge < -0.3 is 20.4 Å². The van der Waals surface area contributed by atoms with Crippen LogP contribution in [0.4, 0.5) is 0 Å². The Kier molecular flexibility index (Phi) is 9.99. The molecule has 0 bridgehead atoms. The van der Waals surface area contributed by atoms with Crippen molar-refractivity contribution in [3.8, 4) is 11.1 Å². The Balaban J connectivity index is 1.19. The second kappa shape index (κ2) is 14.4. The summed E-state index contributed by atoms with van der Waals surface area (Å²) >= 11 is 0. The minimum absolute atomic E-state index is 0.0269. The maximum Gasteiger partial charge on any atom is 0.259 e. The van der Waals surface area contributed by atoms with Gasteiger partial charge in [-0.25, -0.2) is 8.42 Å². The van der Waals surface area contributed by atoms with Crippen molar-refractivity contribution in [1.29, 1.82) is 0 Å². The van der Waals surface area contributed by atoms with Crippen LogP contribution in [0.3, 0.4) is 0 Å². The zero-order valence-corrected chi connectivity index (χ0v) is 31.4. The first kappa shape index (κ1) is 36.8. The zero-order chi connectivity index (χ0) is 37.5. The highest BCUT2D eigenvalue weighted by atomic mass is 32.2. The summed E-state index contributed by atoms with van der Waals surface area (Å²) in [4.78, 5) is 63.7. The highest BCUT2D eigenvalue weighted by Crippen LogP contribution is 2.46. The minimum atomic E-state index is -3.87. The Labute approximate surface area is 311 Å². The summed E-state index contributed by atoms with van der Waals surface area (Å²) in [6.45, 7) is 5.61. The molecule has 5 atom stereocenters. The van der Waals surface area contributed by atoms with Crippen molar-refractivity contribution in [3.63, 3.8) is 0 Å². The fourth-order valence-corrected chi connectivity index (χ4v) is 8.94. The standard InChI is InChI=1S/C40H49N5O7S/c1-4-39(2,3)37(48)41-32-19-9-7-5-6-8-14-25-23-40(25,38(49)44-53(50,51)27-20-21-27)42-35(46)33-22-26(24-45(33)36(32)47)52-43-34-30-17-12-10-15-28(30)29-16-11-13-18-31(29)34/h8,10-18,25-27,32-33H,4-7,9,19-24H2,1-3H3,(H,41,48)(H,42,46)(H,44,49)/b14-8-/t25?,26-,32+,33+,40?/m1/s1. The number of rotatable bonds is 8. The first-order valence-electron chi connectivity index (χ1n) is 18.9. The molecule has 13 heteroatoms. The number of sulfonamides is 1. The first-order chi connectivity index (χ1) is 25.3. The zero-order valence-electron chi connectivity index (χ0n) is 30.6. The molecule has 0 spiro atoms. The fourth-order valence-electron chi connectivity index (χ4n) is 7.57. The van der Waals surface area contributed by atoms with Gasteiger partial charge in [0.1, 0.15) is 29.4 Å². The molecule has 2 aliphatic heterocycles. The lowest BCUT2D eigenvalue weighted by Gasteiger charge is -2.31. The highest BCUT2D eigenvalue weighted by molar-refractivity contribution is 7.91. The van der Waals surface area contributed by atoms with Gasteiger partial charge in [0, 0.05) is 28.9 Å². The number of benzene rings is 2. The molecule has 5 aliphatic rings. The Hall–Kier alpha value is -4.52. The van der Waals surface area contributed by atoms with E-state index >= 15 is 0 Å². The molecule has 3 fully saturated rings. The lowest BCUT2D eigenvalue weighted by molar-refractivity contribution is -0.143. The number of nitrogens with one attached hydrogen (secondary N) is 3. The largest absolute Gasteiger partial charge is 0.390 e. The average molecular weight is 744 g/mol. The smallest absolute Gasteiger partial charge is 0.259 e. The molecule has 2 saturated carbocycles. The van der Waals surface area contributed by atoms with E-state index in [1.165, 1.54) is 4.90 Å². The second-order valence-electron chi connectivity index (χ2n) is 15.8. The molecule has 0 aromatic heterocycles. The van der Waals surface area contributed by atoms with E-state index in [-0.39, 0.29) is 25.3 Å². The van der Waals surface area contributed by atoms with Crippen LogP contribution >= 0.6 is 0 Å². The molecule has 282 valence electrons. The molecule has 3 aliphatic carbocycles. The van der Waals surface area contributed by atoms with Crippen molar-refractivity contribution in [2.45, 2.75) is 114 Å². The molecule has 3 N–H and O–H groups in total. The molecule has 4 amide bonds. The van der Waals surface area contributed by atoms with Crippen LogP contribution in [0.2, 0.25) is 0 Å². The average Bonchev–Trinajstić information content (AvgIpc) is 4.05. The topological polar surface area (TPSA) is 163 Å². The van der Waals surface area contributed by atoms with Crippen LogP contribution in [0.15, 0.2) is 65.8 Å². The Morgan fingerprint density at radius 2 is 1.64 bits per heavy atom. The molecule has 2 unspecified atom stereocenters. The minimum Gasteiger partial charge on any atom is -0.390 e. The number of oxime groups is 1. The summed E-state index contributed by atoms with van der Waals surface area (Å²) in [5, 5.41) is 9.92. The Morgan fingerprint density at radius 1 is 0.981 bits per heavy atom. The van der Waals surface area contributed by atoms with E-state index in [1.807, 2.05) is 81.5 Å². The van der Waals surface area contributed by atoms with E-state index in [9.17, 15) is 27.6 Å². The second-order valence-corrected chi connectivity index (χ2v) is 17.7.